The van der Waals surface area contributed by atoms with Crippen LogP contribution < -0.4 is 10.2 Å². The standard InChI is InChI=1S/C17H23N5OS.ClH/c1-3-22(13(2)23)17-20-15(12-24-17)11-21-8-7-19-10-16(21)14-5-4-6-18-9-14;/h4-6,9,12,16,19H,3,7-8,10-11H2,1-2H3;1H. The van der Waals surface area contributed by atoms with Gasteiger partial charge in [0, 0.05) is 63.5 Å². The Morgan fingerprint density at radius 2 is 2.36 bits per heavy atom. The van der Waals surface area contributed by atoms with E-state index in [1.807, 2.05) is 19.2 Å². The van der Waals surface area contributed by atoms with Gasteiger partial charge in [0.2, 0.25) is 5.91 Å². The molecular weight excluding hydrogens is 358 g/mol. The van der Waals surface area contributed by atoms with E-state index in [0.717, 1.165) is 37.0 Å². The monoisotopic (exact) mass is 381 g/mol. The summed E-state index contributed by atoms with van der Waals surface area (Å²) >= 11 is 1.54. The molecule has 1 aliphatic heterocycles. The fraction of sp³-hybridized carbons (Fsp3) is 0.471. The highest BCUT2D eigenvalue weighted by Gasteiger charge is 2.25. The Hall–Kier alpha value is -1.54. The van der Waals surface area contributed by atoms with Crippen molar-refractivity contribution >= 4 is 34.8 Å². The van der Waals surface area contributed by atoms with Gasteiger partial charge >= 0.3 is 0 Å². The van der Waals surface area contributed by atoms with Gasteiger partial charge in [-0.1, -0.05) is 6.07 Å². The fourth-order valence-electron chi connectivity index (χ4n) is 3.03. The first-order chi connectivity index (χ1) is 11.7. The number of pyridine rings is 1. The minimum atomic E-state index is 0. The number of nitrogens with one attached hydrogen (secondary N) is 1. The number of anilines is 1. The molecule has 0 spiro atoms. The second-order valence-corrected chi connectivity index (χ2v) is 6.70. The lowest BCUT2D eigenvalue weighted by molar-refractivity contribution is -0.116. The number of aromatic nitrogens is 2. The molecule has 8 heteroatoms. The highest BCUT2D eigenvalue weighted by Crippen LogP contribution is 2.26. The molecule has 2 aromatic heterocycles. The van der Waals surface area contributed by atoms with Crippen LogP contribution in [-0.2, 0) is 11.3 Å². The third kappa shape index (κ3) is 4.76. The summed E-state index contributed by atoms with van der Waals surface area (Å²) in [5.74, 6) is 0.0359. The largest absolute Gasteiger partial charge is 0.314 e. The van der Waals surface area contributed by atoms with Gasteiger partial charge in [-0.05, 0) is 18.6 Å². The van der Waals surface area contributed by atoms with E-state index in [1.165, 1.54) is 16.9 Å². The van der Waals surface area contributed by atoms with E-state index in [2.05, 4.69) is 31.6 Å². The summed E-state index contributed by atoms with van der Waals surface area (Å²) in [4.78, 5) is 24.7. The highest BCUT2D eigenvalue weighted by atomic mass is 35.5. The van der Waals surface area contributed by atoms with Gasteiger partial charge < -0.3 is 5.32 Å². The summed E-state index contributed by atoms with van der Waals surface area (Å²) in [5.41, 5.74) is 2.24. The van der Waals surface area contributed by atoms with E-state index in [-0.39, 0.29) is 18.3 Å². The van der Waals surface area contributed by atoms with Crippen molar-refractivity contribution < 1.29 is 4.79 Å². The van der Waals surface area contributed by atoms with Gasteiger partial charge in [0.1, 0.15) is 0 Å². The maximum atomic E-state index is 11.7. The van der Waals surface area contributed by atoms with Gasteiger partial charge in [-0.15, -0.1) is 23.7 Å². The zero-order valence-corrected chi connectivity index (χ0v) is 16.1. The van der Waals surface area contributed by atoms with Gasteiger partial charge in [-0.3, -0.25) is 19.6 Å². The zero-order chi connectivity index (χ0) is 16.9. The SMILES string of the molecule is CCN(C(C)=O)c1nc(CN2CCNCC2c2cccnc2)cs1.Cl. The Labute approximate surface area is 158 Å². The van der Waals surface area contributed by atoms with Crippen molar-refractivity contribution in [3.05, 3.63) is 41.2 Å². The van der Waals surface area contributed by atoms with Gasteiger partial charge in [-0.25, -0.2) is 4.98 Å². The number of carbonyl (C=O) groups is 1. The Morgan fingerprint density at radius 1 is 1.52 bits per heavy atom. The lowest BCUT2D eigenvalue weighted by Crippen LogP contribution is -2.45. The molecule has 1 N–H and O–H groups in total. The molecule has 0 bridgehead atoms. The maximum Gasteiger partial charge on any atom is 0.225 e. The van der Waals surface area contributed by atoms with Gasteiger partial charge in [0.15, 0.2) is 5.13 Å². The Kier molecular flexibility index (Phi) is 7.31. The van der Waals surface area contributed by atoms with E-state index < -0.39 is 0 Å². The molecule has 0 aliphatic carbocycles. The summed E-state index contributed by atoms with van der Waals surface area (Å²) in [5, 5.41) is 6.30. The molecule has 1 fully saturated rings. The van der Waals surface area contributed by atoms with Crippen LogP contribution in [0.1, 0.15) is 31.1 Å². The van der Waals surface area contributed by atoms with E-state index in [0.29, 0.717) is 12.6 Å². The number of amides is 1. The quantitative estimate of drug-likeness (QED) is 0.862. The third-order valence-corrected chi connectivity index (χ3v) is 5.17. The van der Waals surface area contributed by atoms with Crippen molar-refractivity contribution in [2.24, 2.45) is 0 Å². The van der Waals surface area contributed by atoms with Crippen LogP contribution in [0.2, 0.25) is 0 Å². The van der Waals surface area contributed by atoms with Crippen molar-refractivity contribution in [3.8, 4) is 0 Å². The number of carbonyl (C=O) groups excluding carboxylic acids is 1. The summed E-state index contributed by atoms with van der Waals surface area (Å²) in [7, 11) is 0. The van der Waals surface area contributed by atoms with Crippen LogP contribution in [0.4, 0.5) is 5.13 Å². The molecule has 1 saturated heterocycles. The van der Waals surface area contributed by atoms with Crippen LogP contribution in [0.3, 0.4) is 0 Å². The van der Waals surface area contributed by atoms with Crippen molar-refractivity contribution in [2.75, 3.05) is 31.1 Å². The molecule has 0 radical (unpaired) electrons. The number of piperazine rings is 1. The van der Waals surface area contributed by atoms with E-state index >= 15 is 0 Å². The van der Waals surface area contributed by atoms with Crippen LogP contribution in [0.25, 0.3) is 0 Å². The minimum absolute atomic E-state index is 0. The number of hydrogen-bond acceptors (Lipinski definition) is 6. The molecule has 25 heavy (non-hydrogen) atoms. The maximum absolute atomic E-state index is 11.7. The third-order valence-electron chi connectivity index (χ3n) is 4.26. The average Bonchev–Trinajstić information content (AvgIpc) is 3.04. The van der Waals surface area contributed by atoms with Crippen LogP contribution >= 0.6 is 23.7 Å². The molecule has 6 nitrogen and oxygen atoms in total. The molecule has 1 aliphatic rings. The first kappa shape index (κ1) is 19.8. The summed E-state index contributed by atoms with van der Waals surface area (Å²) < 4.78 is 0. The number of nitrogens with zero attached hydrogens (tertiary/aromatic N) is 4. The molecule has 3 heterocycles. The molecule has 0 aromatic carbocycles. The topological polar surface area (TPSA) is 61.4 Å². The summed E-state index contributed by atoms with van der Waals surface area (Å²) in [6.07, 6.45) is 3.74. The van der Waals surface area contributed by atoms with E-state index in [9.17, 15) is 4.79 Å². The summed E-state index contributed by atoms with van der Waals surface area (Å²) in [6.45, 7) is 7.84. The number of hydrogen-bond donors (Lipinski definition) is 1. The van der Waals surface area contributed by atoms with Gasteiger partial charge in [-0.2, -0.15) is 0 Å². The molecule has 136 valence electrons. The molecule has 3 rings (SSSR count). The Morgan fingerprint density at radius 3 is 3.04 bits per heavy atom. The Bertz CT molecular complexity index is 681. The number of rotatable bonds is 5. The molecule has 2 aromatic rings. The molecule has 1 unspecified atom stereocenters. The second kappa shape index (κ2) is 9.24. The fourth-order valence-corrected chi connectivity index (χ4v) is 3.95. The first-order valence-corrected chi connectivity index (χ1v) is 9.14. The first-order valence-electron chi connectivity index (χ1n) is 8.26. The normalized spacial score (nSPS) is 17.8. The minimum Gasteiger partial charge on any atom is -0.314 e. The molecule has 1 atom stereocenters. The Balaban J connectivity index is 0.00000225. The molecule has 0 saturated carbocycles. The lowest BCUT2D eigenvalue weighted by Gasteiger charge is -2.35. The molecular formula is C17H24ClN5OS. The van der Waals surface area contributed by atoms with Crippen LogP contribution in [0.15, 0.2) is 29.9 Å². The van der Waals surface area contributed by atoms with Crippen molar-refractivity contribution in [3.63, 3.8) is 0 Å². The number of thiazole rings is 1. The van der Waals surface area contributed by atoms with Crippen LogP contribution in [-0.4, -0.2) is 47.0 Å². The predicted octanol–water partition coefficient (Wildman–Crippen LogP) is 2.48. The smallest absolute Gasteiger partial charge is 0.225 e. The zero-order valence-electron chi connectivity index (χ0n) is 14.5. The van der Waals surface area contributed by atoms with Crippen molar-refractivity contribution in [2.45, 2.75) is 26.4 Å². The summed E-state index contributed by atoms with van der Waals surface area (Å²) in [6, 6.07) is 4.40. The van der Waals surface area contributed by atoms with E-state index in [4.69, 9.17) is 0 Å². The van der Waals surface area contributed by atoms with Crippen LogP contribution in [0, 0.1) is 0 Å². The second-order valence-electron chi connectivity index (χ2n) is 5.86. The van der Waals surface area contributed by atoms with E-state index in [1.54, 1.807) is 18.0 Å². The van der Waals surface area contributed by atoms with Crippen molar-refractivity contribution in [1.29, 1.82) is 0 Å². The van der Waals surface area contributed by atoms with Gasteiger partial charge in [0.05, 0.1) is 5.69 Å². The highest BCUT2D eigenvalue weighted by molar-refractivity contribution is 7.14. The van der Waals surface area contributed by atoms with Crippen LogP contribution in [0.5, 0.6) is 0 Å². The molecule has 1 amide bonds. The predicted molar refractivity (Wildman–Crippen MR) is 103 cm³/mol. The van der Waals surface area contributed by atoms with Crippen molar-refractivity contribution in [1.82, 2.24) is 20.2 Å². The average molecular weight is 382 g/mol. The lowest BCUT2D eigenvalue weighted by atomic mass is 10.1. The number of halogens is 1. The van der Waals surface area contributed by atoms with Gasteiger partial charge in [0.25, 0.3) is 0 Å².